The van der Waals surface area contributed by atoms with Crippen molar-refractivity contribution in [1.29, 1.82) is 5.26 Å². The van der Waals surface area contributed by atoms with Crippen molar-refractivity contribution in [3.8, 4) is 6.07 Å². The highest BCUT2D eigenvalue weighted by Gasteiger charge is 2.31. The van der Waals surface area contributed by atoms with Crippen LogP contribution in [0.4, 0.5) is 13.2 Å². The molecule has 2 aromatic carbocycles. The molecule has 8 heteroatoms. The minimum absolute atomic E-state index is 0.0972. The van der Waals surface area contributed by atoms with Crippen molar-refractivity contribution in [3.63, 3.8) is 0 Å². The first-order chi connectivity index (χ1) is 13.7. The quantitative estimate of drug-likeness (QED) is 0.492. The number of rotatable bonds is 6. The Morgan fingerprint density at radius 1 is 1.10 bits per heavy atom. The summed E-state index contributed by atoms with van der Waals surface area (Å²) in [6, 6.07) is 10.5. The summed E-state index contributed by atoms with van der Waals surface area (Å²) >= 11 is 0. The molecule has 2 rings (SSSR count). The molecule has 0 spiro atoms. The van der Waals surface area contributed by atoms with E-state index in [1.54, 1.807) is 13.0 Å². The molecule has 0 N–H and O–H groups in total. The lowest BCUT2D eigenvalue weighted by molar-refractivity contribution is -0.137. The fourth-order valence-corrected chi connectivity index (χ4v) is 2.73. The van der Waals surface area contributed by atoms with Gasteiger partial charge in [0.25, 0.3) is 0 Å². The Bertz CT molecular complexity index is 990. The molecule has 0 saturated heterocycles. The number of aryl methyl sites for hydroxylation is 1. The van der Waals surface area contributed by atoms with E-state index in [4.69, 9.17) is 14.9 Å². The van der Waals surface area contributed by atoms with Gasteiger partial charge in [0.15, 0.2) is 0 Å². The average molecular weight is 403 g/mol. The van der Waals surface area contributed by atoms with Crippen LogP contribution in [-0.4, -0.2) is 18.5 Å². The zero-order chi connectivity index (χ0) is 21.6. The third kappa shape index (κ3) is 5.57. The monoisotopic (exact) mass is 403 g/mol. The Labute approximate surface area is 167 Å². The molecule has 152 valence electrons. The van der Waals surface area contributed by atoms with Crippen LogP contribution >= 0.6 is 0 Å². The van der Waals surface area contributed by atoms with Gasteiger partial charge >= 0.3 is 6.18 Å². The summed E-state index contributed by atoms with van der Waals surface area (Å²) in [4.78, 5) is 10.2. The minimum atomic E-state index is -4.56. The molecule has 2 aromatic rings. The molecule has 0 aromatic heterocycles. The summed E-state index contributed by atoms with van der Waals surface area (Å²) in [6.45, 7) is 5.32. The van der Waals surface area contributed by atoms with Gasteiger partial charge in [-0.2, -0.15) is 18.4 Å². The maximum absolute atomic E-state index is 13.0. The van der Waals surface area contributed by atoms with E-state index in [9.17, 15) is 13.2 Å². The molecule has 0 aliphatic carbocycles. The van der Waals surface area contributed by atoms with E-state index in [0.717, 1.165) is 28.8 Å². The molecule has 0 atom stereocenters. The zero-order valence-corrected chi connectivity index (χ0v) is 16.5. The smallest absolute Gasteiger partial charge is 0.399 e. The second kappa shape index (κ2) is 9.24. The van der Waals surface area contributed by atoms with Crippen molar-refractivity contribution in [2.45, 2.75) is 33.6 Å². The second-order valence-electron chi connectivity index (χ2n) is 6.32. The molecule has 0 heterocycles. The van der Waals surface area contributed by atoms with E-state index in [-0.39, 0.29) is 23.4 Å². The minimum Gasteiger partial charge on any atom is -0.399 e. The summed E-state index contributed by atoms with van der Waals surface area (Å²) in [5.74, 6) is 0. The molecule has 5 nitrogen and oxygen atoms in total. The summed E-state index contributed by atoms with van der Waals surface area (Å²) in [6.07, 6.45) is -4.56. The van der Waals surface area contributed by atoms with Crippen LogP contribution in [0.25, 0.3) is 0 Å². The number of benzene rings is 2. The van der Waals surface area contributed by atoms with Crippen LogP contribution < -0.4 is 0 Å². The van der Waals surface area contributed by atoms with Crippen LogP contribution in [0.1, 0.15) is 47.2 Å². The van der Waals surface area contributed by atoms with Gasteiger partial charge in [-0.1, -0.05) is 28.5 Å². The summed E-state index contributed by atoms with van der Waals surface area (Å²) in [5.41, 5.74) is 2.66. The van der Waals surface area contributed by atoms with Crippen LogP contribution in [0.15, 0.2) is 46.7 Å². The normalized spacial score (nSPS) is 12.5. The number of nitriles is 1. The largest absolute Gasteiger partial charge is 0.416 e. The highest BCUT2D eigenvalue weighted by Crippen LogP contribution is 2.30. The molecule has 0 aliphatic heterocycles. The first kappa shape index (κ1) is 22.0. The van der Waals surface area contributed by atoms with Crippen LogP contribution in [0, 0.1) is 18.3 Å². The third-order valence-corrected chi connectivity index (χ3v) is 4.25. The van der Waals surface area contributed by atoms with E-state index in [0.29, 0.717) is 5.71 Å². The molecular formula is C21H20F3N3O2. The van der Waals surface area contributed by atoms with Crippen LogP contribution in [0.3, 0.4) is 0 Å². The van der Waals surface area contributed by atoms with Crippen molar-refractivity contribution in [1.82, 2.24) is 0 Å². The molecule has 0 aliphatic rings. The van der Waals surface area contributed by atoms with Crippen LogP contribution in [0.2, 0.25) is 0 Å². The Morgan fingerprint density at radius 2 is 1.83 bits per heavy atom. The van der Waals surface area contributed by atoms with Gasteiger partial charge in [0.2, 0.25) is 0 Å². The van der Waals surface area contributed by atoms with Gasteiger partial charge in [0, 0.05) is 16.7 Å². The van der Waals surface area contributed by atoms with Crippen molar-refractivity contribution in [3.05, 3.63) is 69.8 Å². The van der Waals surface area contributed by atoms with E-state index in [1.807, 2.05) is 25.1 Å². The lowest BCUT2D eigenvalue weighted by Gasteiger charge is -2.12. The fourth-order valence-electron chi connectivity index (χ4n) is 2.73. The van der Waals surface area contributed by atoms with Gasteiger partial charge in [0.1, 0.15) is 13.7 Å². The Hall–Kier alpha value is -3.34. The Balaban J connectivity index is 2.29. The number of hydrogen-bond donors (Lipinski definition) is 0. The van der Waals surface area contributed by atoms with Gasteiger partial charge in [-0.25, -0.2) is 0 Å². The van der Waals surface area contributed by atoms with Gasteiger partial charge < -0.3 is 9.68 Å². The predicted octanol–water partition coefficient (Wildman–Crippen LogP) is 5.20. The molecule has 29 heavy (non-hydrogen) atoms. The molecule has 0 fully saturated rings. The summed E-state index contributed by atoms with van der Waals surface area (Å²) in [5, 5.41) is 16.9. The maximum Gasteiger partial charge on any atom is 0.416 e. The molecule has 0 saturated carbocycles. The Morgan fingerprint density at radius 3 is 2.45 bits per heavy atom. The third-order valence-electron chi connectivity index (χ3n) is 4.25. The van der Waals surface area contributed by atoms with E-state index in [1.165, 1.54) is 20.1 Å². The van der Waals surface area contributed by atoms with Crippen LogP contribution in [-0.2, 0) is 22.5 Å². The van der Waals surface area contributed by atoms with Gasteiger partial charge in [0.05, 0.1) is 28.6 Å². The van der Waals surface area contributed by atoms with Gasteiger partial charge in [-0.3, -0.25) is 0 Å². The molecule has 0 amide bonds. The number of halogens is 3. The molecule has 0 bridgehead atoms. The second-order valence-corrected chi connectivity index (χ2v) is 6.32. The SMILES string of the molecule is CO/N=C(/C)c1cccc(C)c1CO/N=C(\C)c1cc(C#N)cc(C(F)(F)F)c1. The lowest BCUT2D eigenvalue weighted by atomic mass is 10.00. The number of alkyl halides is 3. The van der Waals surface area contributed by atoms with Gasteiger partial charge in [-0.05, 0) is 44.5 Å². The van der Waals surface area contributed by atoms with Crippen molar-refractivity contribution in [2.24, 2.45) is 10.3 Å². The lowest BCUT2D eigenvalue weighted by Crippen LogP contribution is -2.08. The van der Waals surface area contributed by atoms with Crippen molar-refractivity contribution < 1.29 is 22.8 Å². The molecule has 0 unspecified atom stereocenters. The predicted molar refractivity (Wildman–Crippen MR) is 104 cm³/mol. The van der Waals surface area contributed by atoms with E-state index >= 15 is 0 Å². The van der Waals surface area contributed by atoms with Crippen molar-refractivity contribution >= 4 is 11.4 Å². The first-order valence-corrected chi connectivity index (χ1v) is 8.63. The molecule has 0 radical (unpaired) electrons. The highest BCUT2D eigenvalue weighted by atomic mass is 19.4. The maximum atomic E-state index is 13.0. The average Bonchev–Trinajstić information content (AvgIpc) is 2.68. The van der Waals surface area contributed by atoms with Crippen molar-refractivity contribution in [2.75, 3.05) is 7.11 Å². The van der Waals surface area contributed by atoms with E-state index < -0.39 is 11.7 Å². The Kier molecular flexibility index (Phi) is 6.99. The fraction of sp³-hybridized carbons (Fsp3) is 0.286. The molecular weight excluding hydrogens is 383 g/mol. The topological polar surface area (TPSA) is 67.0 Å². The van der Waals surface area contributed by atoms with Gasteiger partial charge in [-0.15, -0.1) is 0 Å². The number of nitrogens with zero attached hydrogens (tertiary/aromatic N) is 3. The number of hydrogen-bond acceptors (Lipinski definition) is 5. The van der Waals surface area contributed by atoms with E-state index in [2.05, 4.69) is 10.3 Å². The summed E-state index contributed by atoms with van der Waals surface area (Å²) in [7, 11) is 1.45. The standard InChI is InChI=1S/C21H20F3N3O2/c1-13-6-5-7-19(15(3)26-28-4)20(13)12-29-27-14(2)17-8-16(11-25)9-18(10-17)21(22,23)24/h5-10H,12H2,1-4H3/b26-15-,27-14+. The highest BCUT2D eigenvalue weighted by molar-refractivity contribution is 6.00. The van der Waals surface area contributed by atoms with Crippen LogP contribution in [0.5, 0.6) is 0 Å². The number of oxime groups is 2. The summed E-state index contributed by atoms with van der Waals surface area (Å²) < 4.78 is 39.1. The zero-order valence-electron chi connectivity index (χ0n) is 16.5. The first-order valence-electron chi connectivity index (χ1n) is 8.63.